The van der Waals surface area contributed by atoms with Crippen LogP contribution in [0.2, 0.25) is 0 Å². The van der Waals surface area contributed by atoms with E-state index in [1.807, 2.05) is 49.4 Å². The molecule has 4 amide bonds. The highest BCUT2D eigenvalue weighted by Gasteiger charge is 2.48. The lowest BCUT2D eigenvalue weighted by Crippen LogP contribution is -2.54. The number of hydrogen-bond donors (Lipinski definition) is 2. The number of urea groups is 1. The molecular formula is C34H32F3N5O4S. The number of piperidine rings is 1. The van der Waals surface area contributed by atoms with E-state index in [-0.39, 0.29) is 24.9 Å². The minimum Gasteiger partial charge on any atom is -0.457 e. The molecule has 1 aromatic heterocycles. The molecule has 4 aliphatic rings. The van der Waals surface area contributed by atoms with Gasteiger partial charge in [-0.25, -0.2) is 9.78 Å². The molecule has 1 saturated carbocycles. The Balaban J connectivity index is 1.07. The lowest BCUT2D eigenvalue weighted by atomic mass is 9.98. The molecule has 13 heteroatoms. The molecule has 3 atom stereocenters. The number of nitrogens with zero attached hydrogens (tertiary/aromatic N) is 3. The van der Waals surface area contributed by atoms with Crippen LogP contribution in [0.5, 0.6) is 11.5 Å². The summed E-state index contributed by atoms with van der Waals surface area (Å²) in [4.78, 5) is 47.5. The smallest absolute Gasteiger partial charge is 0.421 e. The summed E-state index contributed by atoms with van der Waals surface area (Å²) >= 11 is 1.23. The normalized spacial score (nSPS) is 22.4. The quantitative estimate of drug-likeness (QED) is 0.278. The number of hydrogen-bond acceptors (Lipinski definition) is 6. The van der Waals surface area contributed by atoms with E-state index in [0.717, 1.165) is 17.2 Å². The molecule has 244 valence electrons. The number of allylic oxidation sites excluding steroid dienone is 1. The summed E-state index contributed by atoms with van der Waals surface area (Å²) in [6, 6.07) is 15.0. The summed E-state index contributed by atoms with van der Waals surface area (Å²) in [5, 5.41) is 5.80. The Labute approximate surface area is 273 Å². The van der Waals surface area contributed by atoms with E-state index in [2.05, 4.69) is 15.6 Å². The van der Waals surface area contributed by atoms with Crippen molar-refractivity contribution >= 4 is 41.0 Å². The number of aromatic nitrogens is 1. The van der Waals surface area contributed by atoms with Crippen molar-refractivity contribution in [3.63, 3.8) is 0 Å². The number of benzene rings is 2. The summed E-state index contributed by atoms with van der Waals surface area (Å²) < 4.78 is 47.1. The van der Waals surface area contributed by atoms with E-state index < -0.39 is 41.0 Å². The monoisotopic (exact) mass is 663 g/mol. The molecule has 9 nitrogen and oxygen atoms in total. The van der Waals surface area contributed by atoms with Crippen LogP contribution >= 0.6 is 11.8 Å². The zero-order valence-electron chi connectivity index (χ0n) is 25.4. The standard InChI is InChI=1S/C34H32F3N5O4S/c1-19-16-23(46-22-7-3-2-4-8-22)11-12-25(19)42-26-13-14-38-31-27(26)28(40-33(42)45)29(47-31)30(43)39-21-6-5-15-41(18-21)32(44)24(34(35,36)37)17-20-9-10-20/h2-4,7-8,11-14,16-17,20-21,28-29H,5-6,9-10,15,18H2,1H3,(H,39,43)(H,40,45)/t21?,28?,29-/m1/s1. The van der Waals surface area contributed by atoms with E-state index in [4.69, 9.17) is 4.74 Å². The number of aryl methyl sites for hydroxylation is 1. The van der Waals surface area contributed by atoms with Gasteiger partial charge in [0, 0.05) is 30.9 Å². The molecule has 2 N–H and O–H groups in total. The van der Waals surface area contributed by atoms with E-state index in [1.54, 1.807) is 23.2 Å². The minimum atomic E-state index is -4.74. The predicted octanol–water partition coefficient (Wildman–Crippen LogP) is 6.56. The molecule has 2 aromatic carbocycles. The minimum absolute atomic E-state index is 0.0233. The van der Waals surface area contributed by atoms with Crippen molar-refractivity contribution in [2.24, 2.45) is 5.92 Å². The van der Waals surface area contributed by atoms with Gasteiger partial charge in [-0.05, 0) is 80.5 Å². The number of likely N-dealkylation sites (tertiary alicyclic amines) is 1. The molecule has 2 unspecified atom stereocenters. The van der Waals surface area contributed by atoms with Gasteiger partial charge in [-0.15, -0.1) is 0 Å². The molecule has 0 radical (unpaired) electrons. The number of alkyl halides is 3. The second-order valence-corrected chi connectivity index (χ2v) is 13.4. The maximum Gasteiger partial charge on any atom is 0.421 e. The summed E-state index contributed by atoms with van der Waals surface area (Å²) in [5.41, 5.74) is 1.66. The Morgan fingerprint density at radius 1 is 1.06 bits per heavy atom. The number of carbonyl (C=O) groups excluding carboxylic acids is 3. The molecule has 7 rings (SSSR count). The Morgan fingerprint density at radius 2 is 1.85 bits per heavy atom. The number of rotatable bonds is 7. The number of anilines is 2. The highest BCUT2D eigenvalue weighted by Crippen LogP contribution is 2.51. The van der Waals surface area contributed by atoms with Gasteiger partial charge in [-0.1, -0.05) is 36.0 Å². The molecule has 3 aliphatic heterocycles. The summed E-state index contributed by atoms with van der Waals surface area (Å²) in [6.07, 6.45) is 0.179. The van der Waals surface area contributed by atoms with Crippen LogP contribution in [0.1, 0.15) is 42.9 Å². The van der Waals surface area contributed by atoms with E-state index in [0.29, 0.717) is 53.6 Å². The number of nitrogens with one attached hydrogen (secondary N) is 2. The fourth-order valence-electron chi connectivity index (χ4n) is 6.35. The SMILES string of the molecule is Cc1cc(Oc2ccccc2)ccc1N1C(=O)NC2c3c1ccnc3S[C@H]2C(=O)NC1CCCN(C(=O)C(=CC2CC2)C(F)(F)F)C1. The van der Waals surface area contributed by atoms with Gasteiger partial charge in [0.1, 0.15) is 27.3 Å². The van der Waals surface area contributed by atoms with E-state index in [1.165, 1.54) is 16.7 Å². The third-order valence-electron chi connectivity index (χ3n) is 8.77. The zero-order chi connectivity index (χ0) is 32.9. The van der Waals surface area contributed by atoms with Gasteiger partial charge in [0.2, 0.25) is 5.91 Å². The van der Waals surface area contributed by atoms with Gasteiger partial charge >= 0.3 is 12.2 Å². The molecule has 0 spiro atoms. The maximum atomic E-state index is 13.7. The fourth-order valence-corrected chi connectivity index (χ4v) is 7.59. The van der Waals surface area contributed by atoms with E-state index >= 15 is 0 Å². The molecular weight excluding hydrogens is 631 g/mol. The number of ether oxygens (including phenoxy) is 1. The number of amides is 4. The van der Waals surface area contributed by atoms with Gasteiger partial charge in [0.15, 0.2) is 0 Å². The summed E-state index contributed by atoms with van der Waals surface area (Å²) in [7, 11) is 0. The van der Waals surface area contributed by atoms with Crippen LogP contribution in [-0.4, -0.2) is 58.3 Å². The maximum absolute atomic E-state index is 13.7. The molecule has 4 heterocycles. The van der Waals surface area contributed by atoms with Crippen LogP contribution in [0.15, 0.2) is 77.5 Å². The van der Waals surface area contributed by atoms with Crippen molar-refractivity contribution in [3.05, 3.63) is 83.6 Å². The molecule has 1 aliphatic carbocycles. The van der Waals surface area contributed by atoms with Gasteiger partial charge in [-0.3, -0.25) is 14.5 Å². The third kappa shape index (κ3) is 6.28. The number of thioether (sulfide) groups is 1. The average molecular weight is 664 g/mol. The molecule has 0 bridgehead atoms. The highest BCUT2D eigenvalue weighted by molar-refractivity contribution is 8.01. The summed E-state index contributed by atoms with van der Waals surface area (Å²) in [6.45, 7) is 2.05. The highest BCUT2D eigenvalue weighted by atomic mass is 32.2. The Hall–Kier alpha value is -4.52. The van der Waals surface area contributed by atoms with Crippen LogP contribution in [-0.2, 0) is 9.59 Å². The van der Waals surface area contributed by atoms with Crippen LogP contribution < -0.4 is 20.3 Å². The van der Waals surface area contributed by atoms with Crippen molar-refractivity contribution in [3.8, 4) is 11.5 Å². The lowest BCUT2D eigenvalue weighted by Gasteiger charge is -2.36. The first-order valence-corrected chi connectivity index (χ1v) is 16.4. The van der Waals surface area contributed by atoms with Gasteiger partial charge in [0.25, 0.3) is 5.91 Å². The Morgan fingerprint density at radius 3 is 2.57 bits per heavy atom. The second kappa shape index (κ2) is 12.3. The Kier molecular flexibility index (Phi) is 8.11. The number of carbonyl (C=O) groups is 3. The first-order valence-electron chi connectivity index (χ1n) is 15.5. The topological polar surface area (TPSA) is 104 Å². The zero-order valence-corrected chi connectivity index (χ0v) is 26.2. The number of para-hydroxylation sites is 1. The number of pyridine rings is 1. The van der Waals surface area contributed by atoms with Gasteiger partial charge in [0.05, 0.1) is 17.4 Å². The summed E-state index contributed by atoms with van der Waals surface area (Å²) in [5.74, 6) is -0.324. The predicted molar refractivity (Wildman–Crippen MR) is 170 cm³/mol. The van der Waals surface area contributed by atoms with Crippen LogP contribution in [0.4, 0.5) is 29.3 Å². The molecule has 47 heavy (non-hydrogen) atoms. The average Bonchev–Trinajstić information content (AvgIpc) is 3.80. The van der Waals surface area contributed by atoms with Crippen LogP contribution in [0.3, 0.4) is 0 Å². The fraction of sp³-hybridized carbons (Fsp3) is 0.353. The van der Waals surface area contributed by atoms with Crippen molar-refractivity contribution in [1.29, 1.82) is 0 Å². The third-order valence-corrected chi connectivity index (χ3v) is 10.1. The van der Waals surface area contributed by atoms with E-state index in [9.17, 15) is 27.6 Å². The Bertz CT molecular complexity index is 1760. The van der Waals surface area contributed by atoms with Crippen LogP contribution in [0.25, 0.3) is 0 Å². The molecule has 2 fully saturated rings. The van der Waals surface area contributed by atoms with Crippen molar-refractivity contribution in [2.45, 2.75) is 61.1 Å². The lowest BCUT2D eigenvalue weighted by molar-refractivity contribution is -0.141. The van der Waals surface area contributed by atoms with Gasteiger partial charge in [-0.2, -0.15) is 13.2 Å². The number of halogens is 3. The first-order chi connectivity index (χ1) is 22.6. The largest absolute Gasteiger partial charge is 0.457 e. The van der Waals surface area contributed by atoms with Crippen LogP contribution in [0, 0.1) is 12.8 Å². The van der Waals surface area contributed by atoms with Gasteiger partial charge < -0.3 is 20.3 Å². The van der Waals surface area contributed by atoms with Crippen molar-refractivity contribution < 1.29 is 32.3 Å². The van der Waals surface area contributed by atoms with Crippen molar-refractivity contribution in [1.82, 2.24) is 20.5 Å². The molecule has 3 aromatic rings. The first kappa shape index (κ1) is 31.1. The second-order valence-electron chi connectivity index (χ2n) is 12.2. The van der Waals surface area contributed by atoms with Crippen molar-refractivity contribution in [2.75, 3.05) is 18.0 Å². The molecule has 1 saturated heterocycles.